The molecule has 1 aliphatic rings. The first-order valence-electron chi connectivity index (χ1n) is 6.75. The second kappa shape index (κ2) is 5.83. The second-order valence-corrected chi connectivity index (χ2v) is 7.42. The summed E-state index contributed by atoms with van der Waals surface area (Å²) in [7, 11) is -3.37. The number of anilines is 1. The summed E-state index contributed by atoms with van der Waals surface area (Å²) in [6.07, 6.45) is 5.81. The molecule has 1 amide bonds. The summed E-state index contributed by atoms with van der Waals surface area (Å²) in [4.78, 5) is 12.0. The molecule has 3 N–H and O–H groups in total. The lowest BCUT2D eigenvalue weighted by Crippen LogP contribution is -2.24. The Labute approximate surface area is 119 Å². The van der Waals surface area contributed by atoms with Gasteiger partial charge in [0.1, 0.15) is 0 Å². The molecule has 0 unspecified atom stereocenters. The van der Waals surface area contributed by atoms with Crippen LogP contribution in [0.2, 0.25) is 0 Å². The molecule has 0 spiro atoms. The van der Waals surface area contributed by atoms with Crippen molar-refractivity contribution in [2.45, 2.75) is 30.6 Å². The number of hydrogen-bond acceptors (Lipinski definition) is 4. The highest BCUT2D eigenvalue weighted by Crippen LogP contribution is 2.33. The highest BCUT2D eigenvalue weighted by atomic mass is 32.2. The monoisotopic (exact) mass is 296 g/mol. The van der Waals surface area contributed by atoms with Crippen molar-refractivity contribution < 1.29 is 13.2 Å². The maximum absolute atomic E-state index is 12.0. The van der Waals surface area contributed by atoms with Gasteiger partial charge in [-0.3, -0.25) is 4.79 Å². The molecule has 2 rings (SSSR count). The maximum atomic E-state index is 12.0. The van der Waals surface area contributed by atoms with Gasteiger partial charge in [-0.25, -0.2) is 8.42 Å². The largest absolute Gasteiger partial charge is 0.399 e. The Morgan fingerprint density at radius 1 is 1.35 bits per heavy atom. The zero-order valence-corrected chi connectivity index (χ0v) is 12.4. The predicted molar refractivity (Wildman–Crippen MR) is 78.3 cm³/mol. The number of nitrogen functional groups attached to an aromatic ring is 1. The van der Waals surface area contributed by atoms with Crippen LogP contribution in [0.25, 0.3) is 0 Å². The van der Waals surface area contributed by atoms with E-state index in [1.54, 1.807) is 0 Å². The summed E-state index contributed by atoms with van der Waals surface area (Å²) < 4.78 is 23.0. The predicted octanol–water partition coefficient (Wildman–Crippen LogP) is 1.59. The van der Waals surface area contributed by atoms with Crippen molar-refractivity contribution in [2.75, 3.05) is 18.5 Å². The van der Waals surface area contributed by atoms with Gasteiger partial charge in [0, 0.05) is 24.1 Å². The van der Waals surface area contributed by atoms with E-state index in [-0.39, 0.29) is 22.1 Å². The summed E-state index contributed by atoms with van der Waals surface area (Å²) in [6.45, 7) is 0.609. The highest BCUT2D eigenvalue weighted by Gasteiger charge is 2.20. The molecule has 110 valence electrons. The third-order valence-corrected chi connectivity index (χ3v) is 4.48. The van der Waals surface area contributed by atoms with E-state index in [0.717, 1.165) is 25.0 Å². The quantitative estimate of drug-likeness (QED) is 0.616. The van der Waals surface area contributed by atoms with Crippen LogP contribution in [-0.4, -0.2) is 27.1 Å². The Hall–Kier alpha value is -1.56. The second-order valence-electron chi connectivity index (χ2n) is 5.40. The summed E-state index contributed by atoms with van der Waals surface area (Å²) in [5, 5.41) is 2.80. The number of sulfone groups is 1. The van der Waals surface area contributed by atoms with Crippen molar-refractivity contribution >= 4 is 21.4 Å². The van der Waals surface area contributed by atoms with E-state index >= 15 is 0 Å². The molecule has 20 heavy (non-hydrogen) atoms. The van der Waals surface area contributed by atoms with Gasteiger partial charge in [-0.15, -0.1) is 0 Å². The zero-order valence-electron chi connectivity index (χ0n) is 11.6. The number of carbonyl (C=O) groups is 1. The maximum Gasteiger partial charge on any atom is 0.251 e. The van der Waals surface area contributed by atoms with Crippen LogP contribution in [0.1, 0.15) is 36.0 Å². The van der Waals surface area contributed by atoms with Gasteiger partial charge in [0.05, 0.1) is 4.90 Å². The highest BCUT2D eigenvalue weighted by molar-refractivity contribution is 7.90. The van der Waals surface area contributed by atoms with Crippen LogP contribution in [0.4, 0.5) is 5.69 Å². The third kappa shape index (κ3) is 4.23. The van der Waals surface area contributed by atoms with Crippen molar-refractivity contribution in [3.05, 3.63) is 23.8 Å². The van der Waals surface area contributed by atoms with Crippen molar-refractivity contribution in [2.24, 2.45) is 5.92 Å². The molecule has 0 heterocycles. The van der Waals surface area contributed by atoms with Gasteiger partial charge in [-0.05, 0) is 37.0 Å². The number of carbonyl (C=O) groups excluding carboxylic acids is 1. The molecule has 6 heteroatoms. The molecule has 1 saturated carbocycles. The van der Waals surface area contributed by atoms with Gasteiger partial charge in [0.15, 0.2) is 9.84 Å². The minimum Gasteiger partial charge on any atom is -0.399 e. The summed E-state index contributed by atoms with van der Waals surface area (Å²) in [5.74, 6) is 0.564. The van der Waals surface area contributed by atoms with Gasteiger partial charge in [-0.2, -0.15) is 0 Å². The lowest BCUT2D eigenvalue weighted by molar-refractivity contribution is 0.0952. The van der Waals surface area contributed by atoms with Crippen LogP contribution < -0.4 is 11.1 Å². The Morgan fingerprint density at radius 3 is 2.65 bits per heavy atom. The number of benzene rings is 1. The van der Waals surface area contributed by atoms with E-state index in [2.05, 4.69) is 5.32 Å². The number of hydrogen-bond donors (Lipinski definition) is 2. The van der Waals surface area contributed by atoms with Crippen molar-refractivity contribution in [1.82, 2.24) is 5.32 Å². The van der Waals surface area contributed by atoms with Crippen molar-refractivity contribution in [1.29, 1.82) is 0 Å². The molecule has 1 aromatic carbocycles. The smallest absolute Gasteiger partial charge is 0.251 e. The molecular formula is C14H20N2O3S. The molecule has 1 aliphatic carbocycles. The van der Waals surface area contributed by atoms with E-state index in [0.29, 0.717) is 6.54 Å². The third-order valence-electron chi connectivity index (χ3n) is 3.39. The lowest BCUT2D eigenvalue weighted by atomic mass is 10.2. The molecule has 0 aromatic heterocycles. The van der Waals surface area contributed by atoms with Crippen LogP contribution in [-0.2, 0) is 9.84 Å². The molecule has 0 saturated heterocycles. The van der Waals surface area contributed by atoms with Crippen molar-refractivity contribution in [3.63, 3.8) is 0 Å². The first-order valence-corrected chi connectivity index (χ1v) is 8.64. The van der Waals surface area contributed by atoms with E-state index in [1.807, 2.05) is 0 Å². The van der Waals surface area contributed by atoms with Crippen LogP contribution in [0.3, 0.4) is 0 Å². The minimum absolute atomic E-state index is 0.0700. The van der Waals surface area contributed by atoms with E-state index in [9.17, 15) is 13.2 Å². The first kappa shape index (κ1) is 14.8. The fourth-order valence-electron chi connectivity index (χ4n) is 2.07. The number of nitrogens with two attached hydrogens (primary N) is 1. The minimum atomic E-state index is -3.37. The lowest BCUT2D eigenvalue weighted by Gasteiger charge is -2.08. The van der Waals surface area contributed by atoms with Crippen LogP contribution in [0.15, 0.2) is 23.1 Å². The summed E-state index contributed by atoms with van der Waals surface area (Å²) in [5.41, 5.74) is 6.22. The fraction of sp³-hybridized carbons (Fsp3) is 0.500. The summed E-state index contributed by atoms with van der Waals surface area (Å²) >= 11 is 0. The molecule has 0 radical (unpaired) electrons. The van der Waals surface area contributed by atoms with E-state index in [4.69, 9.17) is 5.73 Å². The zero-order chi connectivity index (χ0) is 14.8. The Balaban J connectivity index is 1.99. The molecular weight excluding hydrogens is 276 g/mol. The van der Waals surface area contributed by atoms with Gasteiger partial charge in [-0.1, -0.05) is 12.8 Å². The molecule has 5 nitrogen and oxygen atoms in total. The van der Waals surface area contributed by atoms with E-state index in [1.165, 1.54) is 31.0 Å². The topological polar surface area (TPSA) is 89.3 Å². The average molecular weight is 296 g/mol. The van der Waals surface area contributed by atoms with Gasteiger partial charge >= 0.3 is 0 Å². The fourth-order valence-corrected chi connectivity index (χ4v) is 2.76. The normalized spacial score (nSPS) is 15.1. The summed E-state index contributed by atoms with van der Waals surface area (Å²) in [6, 6.07) is 4.21. The molecule has 1 aromatic rings. The van der Waals surface area contributed by atoms with Gasteiger partial charge in [0.2, 0.25) is 0 Å². The number of nitrogens with one attached hydrogen (secondary N) is 1. The number of amides is 1. The molecule has 0 aliphatic heterocycles. The molecule has 0 bridgehead atoms. The first-order chi connectivity index (χ1) is 9.36. The van der Waals surface area contributed by atoms with Crippen LogP contribution in [0.5, 0.6) is 0 Å². The molecule has 0 atom stereocenters. The number of rotatable bonds is 6. The Morgan fingerprint density at radius 2 is 2.05 bits per heavy atom. The standard InChI is InChI=1S/C14H20N2O3S/c1-20(18,19)13-8-11(7-12(15)9-13)14(17)16-6-2-3-10-4-5-10/h7-10H,2-6,15H2,1H3,(H,16,17). The van der Waals surface area contributed by atoms with E-state index < -0.39 is 9.84 Å². The van der Waals surface area contributed by atoms with Gasteiger partial charge < -0.3 is 11.1 Å². The van der Waals surface area contributed by atoms with Gasteiger partial charge in [0.25, 0.3) is 5.91 Å². The Bertz CT molecular complexity index is 607. The molecule has 1 fully saturated rings. The van der Waals surface area contributed by atoms with Crippen LogP contribution in [0, 0.1) is 5.92 Å². The van der Waals surface area contributed by atoms with Crippen molar-refractivity contribution in [3.8, 4) is 0 Å². The van der Waals surface area contributed by atoms with Crippen LogP contribution >= 0.6 is 0 Å². The average Bonchev–Trinajstić information content (AvgIpc) is 3.16. The SMILES string of the molecule is CS(=O)(=O)c1cc(N)cc(C(=O)NCCCC2CC2)c1. The Kier molecular flexibility index (Phi) is 4.32.